The van der Waals surface area contributed by atoms with Crippen LogP contribution >= 0.6 is 11.8 Å². The topological polar surface area (TPSA) is 121 Å². The number of hydrogen-bond donors (Lipinski definition) is 4. The van der Waals surface area contributed by atoms with Crippen LogP contribution < -0.4 is 5.56 Å². The Bertz CT molecular complexity index is 758. The molecule has 3 unspecified atom stereocenters. The van der Waals surface area contributed by atoms with Crippen molar-refractivity contribution in [2.24, 2.45) is 0 Å². The number of H-pyrrole nitrogens is 1. The lowest BCUT2D eigenvalue weighted by molar-refractivity contribution is -0.0509. The molecule has 1 fully saturated rings. The van der Waals surface area contributed by atoms with E-state index < -0.39 is 31.1 Å². The van der Waals surface area contributed by atoms with Crippen molar-refractivity contribution in [2.75, 3.05) is 12.9 Å². The highest BCUT2D eigenvalue weighted by molar-refractivity contribution is 7.98. The van der Waals surface area contributed by atoms with E-state index in [1.807, 2.05) is 0 Å². The van der Waals surface area contributed by atoms with E-state index in [0.717, 1.165) is 0 Å². The SMILES string of the molecule is CSc1nc2c(c(C)cn2C2O[C@H](CO)C(O)C2O)c(=O)[nH]1. The fraction of sp³-hybridized carbons (Fsp3) is 0.538. The number of ether oxygens (including phenoxy) is 1. The quantitative estimate of drug-likeness (QED) is 0.437. The summed E-state index contributed by atoms with van der Waals surface area (Å²) in [6.07, 6.45) is -0.762. The molecule has 1 aliphatic heterocycles. The Hall–Kier alpha value is -1.39. The summed E-state index contributed by atoms with van der Waals surface area (Å²) in [4.78, 5) is 19.2. The highest BCUT2D eigenvalue weighted by Crippen LogP contribution is 2.32. The van der Waals surface area contributed by atoms with Gasteiger partial charge >= 0.3 is 0 Å². The van der Waals surface area contributed by atoms with Crippen LogP contribution in [0.5, 0.6) is 0 Å². The van der Waals surface area contributed by atoms with Crippen molar-refractivity contribution in [1.29, 1.82) is 0 Å². The third kappa shape index (κ3) is 2.25. The number of aromatic amines is 1. The zero-order valence-corrected chi connectivity index (χ0v) is 12.9. The first-order chi connectivity index (χ1) is 10.5. The number of nitrogens with zero attached hydrogens (tertiary/aromatic N) is 2. The monoisotopic (exact) mass is 327 g/mol. The van der Waals surface area contributed by atoms with Gasteiger partial charge in [0, 0.05) is 6.20 Å². The number of nitrogens with one attached hydrogen (secondary N) is 1. The standard InChI is InChI=1S/C13H17N3O5S/c1-5-3-16(12-9(19)8(18)6(4-17)21-12)10-7(5)11(20)15-13(14-10)22-2/h3,6,8-9,12,17-19H,4H2,1-2H3,(H,14,15,20)/t6-,8?,9?,12?/m1/s1. The number of hydrogen-bond acceptors (Lipinski definition) is 7. The van der Waals surface area contributed by atoms with Crippen LogP contribution in [0, 0.1) is 6.92 Å². The van der Waals surface area contributed by atoms with Crippen LogP contribution in [0.4, 0.5) is 0 Å². The second-order valence-electron chi connectivity index (χ2n) is 5.22. The summed E-state index contributed by atoms with van der Waals surface area (Å²) in [6.45, 7) is 1.35. The van der Waals surface area contributed by atoms with Crippen LogP contribution in [0.15, 0.2) is 16.1 Å². The van der Waals surface area contributed by atoms with Gasteiger partial charge in [-0.3, -0.25) is 4.79 Å². The molecule has 0 aliphatic carbocycles. The lowest BCUT2D eigenvalue weighted by Crippen LogP contribution is -2.33. The third-order valence-corrected chi connectivity index (χ3v) is 4.41. The number of aliphatic hydroxyl groups excluding tert-OH is 3. The molecular weight excluding hydrogens is 310 g/mol. The summed E-state index contributed by atoms with van der Waals surface area (Å²) in [6, 6.07) is 0. The van der Waals surface area contributed by atoms with Gasteiger partial charge in [-0.15, -0.1) is 0 Å². The highest BCUT2D eigenvalue weighted by atomic mass is 32.2. The van der Waals surface area contributed by atoms with Gasteiger partial charge in [-0.2, -0.15) is 0 Å². The summed E-state index contributed by atoms with van der Waals surface area (Å²) >= 11 is 1.29. The smallest absolute Gasteiger partial charge is 0.261 e. The van der Waals surface area contributed by atoms with Gasteiger partial charge in [-0.1, -0.05) is 11.8 Å². The second kappa shape index (κ2) is 5.67. The number of fused-ring (bicyclic) bond motifs is 1. The summed E-state index contributed by atoms with van der Waals surface area (Å²) in [5.74, 6) is 0. The molecule has 22 heavy (non-hydrogen) atoms. The van der Waals surface area contributed by atoms with E-state index in [0.29, 0.717) is 21.8 Å². The van der Waals surface area contributed by atoms with Gasteiger partial charge < -0.3 is 29.6 Å². The lowest BCUT2D eigenvalue weighted by atomic mass is 10.1. The van der Waals surface area contributed by atoms with Crippen molar-refractivity contribution in [1.82, 2.24) is 14.5 Å². The molecule has 3 rings (SSSR count). The predicted octanol–water partition coefficient (Wildman–Crippen LogP) is -0.634. The summed E-state index contributed by atoms with van der Waals surface area (Å²) in [5.41, 5.74) is 0.798. The van der Waals surface area contributed by atoms with E-state index in [1.165, 1.54) is 16.3 Å². The van der Waals surface area contributed by atoms with Crippen LogP contribution in [0.2, 0.25) is 0 Å². The molecule has 0 amide bonds. The van der Waals surface area contributed by atoms with E-state index in [-0.39, 0.29) is 5.56 Å². The molecule has 0 saturated carbocycles. The molecule has 8 nitrogen and oxygen atoms in total. The van der Waals surface area contributed by atoms with E-state index >= 15 is 0 Å². The second-order valence-corrected chi connectivity index (χ2v) is 6.02. The minimum atomic E-state index is -1.22. The number of rotatable bonds is 3. The maximum absolute atomic E-state index is 12.2. The predicted molar refractivity (Wildman–Crippen MR) is 79.9 cm³/mol. The van der Waals surface area contributed by atoms with E-state index in [9.17, 15) is 20.1 Å². The molecule has 2 aromatic heterocycles. The summed E-state index contributed by atoms with van der Waals surface area (Å²) < 4.78 is 7.04. The molecule has 0 spiro atoms. The summed E-state index contributed by atoms with van der Waals surface area (Å²) in [7, 11) is 0. The lowest BCUT2D eigenvalue weighted by Gasteiger charge is -2.17. The van der Waals surface area contributed by atoms with E-state index in [1.54, 1.807) is 19.4 Å². The molecule has 0 radical (unpaired) electrons. The Kier molecular flexibility index (Phi) is 4.00. The normalized spacial score (nSPS) is 28.6. The van der Waals surface area contributed by atoms with E-state index in [2.05, 4.69) is 9.97 Å². The van der Waals surface area contributed by atoms with Crippen molar-refractivity contribution < 1.29 is 20.1 Å². The number of aliphatic hydroxyl groups is 3. The van der Waals surface area contributed by atoms with Crippen LogP contribution in [0.1, 0.15) is 11.8 Å². The molecule has 4 N–H and O–H groups in total. The van der Waals surface area contributed by atoms with Crippen molar-refractivity contribution in [3.8, 4) is 0 Å². The van der Waals surface area contributed by atoms with Gasteiger partial charge in [-0.25, -0.2) is 4.98 Å². The fourth-order valence-corrected chi connectivity index (χ4v) is 3.09. The fourth-order valence-electron chi connectivity index (χ4n) is 2.72. The average molecular weight is 327 g/mol. The van der Waals surface area contributed by atoms with Crippen molar-refractivity contribution in [2.45, 2.75) is 36.6 Å². The molecule has 4 atom stereocenters. The summed E-state index contributed by atoms with van der Waals surface area (Å²) in [5, 5.41) is 30.1. The first-order valence-corrected chi connectivity index (χ1v) is 7.98. The Balaban J connectivity index is 2.16. The highest BCUT2D eigenvalue weighted by Gasteiger charge is 2.44. The molecule has 3 heterocycles. The number of aromatic nitrogens is 3. The largest absolute Gasteiger partial charge is 0.394 e. The molecular formula is C13H17N3O5S. The van der Waals surface area contributed by atoms with Crippen LogP contribution in [0.3, 0.4) is 0 Å². The average Bonchev–Trinajstić information content (AvgIpc) is 2.98. The van der Waals surface area contributed by atoms with Crippen LogP contribution in [-0.2, 0) is 4.74 Å². The molecule has 9 heteroatoms. The minimum absolute atomic E-state index is 0.266. The number of thioether (sulfide) groups is 1. The van der Waals surface area contributed by atoms with Gasteiger partial charge in [0.1, 0.15) is 18.3 Å². The zero-order chi connectivity index (χ0) is 16.0. The first-order valence-electron chi connectivity index (χ1n) is 6.75. The molecule has 2 aromatic rings. The van der Waals surface area contributed by atoms with Crippen LogP contribution in [-0.4, -0.2) is 61.0 Å². The molecule has 120 valence electrons. The third-order valence-electron chi connectivity index (χ3n) is 3.83. The van der Waals surface area contributed by atoms with Gasteiger partial charge in [0.05, 0.1) is 12.0 Å². The van der Waals surface area contributed by atoms with Crippen LogP contribution in [0.25, 0.3) is 11.0 Å². The van der Waals surface area contributed by atoms with Crippen molar-refractivity contribution >= 4 is 22.8 Å². The molecule has 0 bridgehead atoms. The molecule has 0 aromatic carbocycles. The van der Waals surface area contributed by atoms with E-state index in [4.69, 9.17) is 4.74 Å². The van der Waals surface area contributed by atoms with Gasteiger partial charge in [0.25, 0.3) is 5.56 Å². The zero-order valence-electron chi connectivity index (χ0n) is 12.1. The molecule has 1 saturated heterocycles. The maximum atomic E-state index is 12.2. The Labute approximate surface area is 129 Å². The van der Waals surface area contributed by atoms with Crippen molar-refractivity contribution in [3.05, 3.63) is 22.1 Å². The molecule has 1 aliphatic rings. The minimum Gasteiger partial charge on any atom is -0.394 e. The van der Waals surface area contributed by atoms with Gasteiger partial charge in [0.2, 0.25) is 0 Å². The number of aryl methyl sites for hydroxylation is 1. The Morgan fingerprint density at radius 2 is 2.18 bits per heavy atom. The first kappa shape index (κ1) is 15.5. The Morgan fingerprint density at radius 3 is 2.77 bits per heavy atom. The van der Waals surface area contributed by atoms with Crippen molar-refractivity contribution in [3.63, 3.8) is 0 Å². The van der Waals surface area contributed by atoms with Gasteiger partial charge in [-0.05, 0) is 18.7 Å². The maximum Gasteiger partial charge on any atom is 0.261 e. The Morgan fingerprint density at radius 1 is 1.45 bits per heavy atom. The van der Waals surface area contributed by atoms with Gasteiger partial charge in [0.15, 0.2) is 17.0 Å².